The van der Waals surface area contributed by atoms with Crippen molar-refractivity contribution < 1.29 is 14.3 Å². The van der Waals surface area contributed by atoms with Gasteiger partial charge in [-0.05, 0) is 36.1 Å². The minimum absolute atomic E-state index is 0.0516. The number of fused-ring (bicyclic) bond motifs is 1. The number of benzene rings is 2. The maximum absolute atomic E-state index is 12.4. The van der Waals surface area contributed by atoms with E-state index >= 15 is 0 Å². The number of methoxy groups -OCH3 is 1. The molecule has 2 aliphatic heterocycles. The topological polar surface area (TPSA) is 82.7 Å². The lowest BCUT2D eigenvalue weighted by Crippen LogP contribution is -2.58. The van der Waals surface area contributed by atoms with Gasteiger partial charge >= 0.3 is 0 Å². The van der Waals surface area contributed by atoms with Crippen LogP contribution in [0.4, 0.5) is 0 Å². The van der Waals surface area contributed by atoms with Crippen molar-refractivity contribution in [3.8, 4) is 5.75 Å². The zero-order valence-electron chi connectivity index (χ0n) is 18.5. The van der Waals surface area contributed by atoms with Crippen molar-refractivity contribution in [2.24, 2.45) is 0 Å². The van der Waals surface area contributed by atoms with Crippen LogP contribution in [0.25, 0.3) is 0 Å². The van der Waals surface area contributed by atoms with E-state index in [1.807, 2.05) is 42.5 Å². The zero-order chi connectivity index (χ0) is 22.3. The molecule has 2 aromatic carbocycles. The number of carbonyl (C=O) groups is 2. The number of carbonyl (C=O) groups excluding carboxylic acids is 2. The molecule has 0 spiro atoms. The van der Waals surface area contributed by atoms with Crippen molar-refractivity contribution in [1.29, 1.82) is 0 Å². The second kappa shape index (κ2) is 10.6. The average molecular weight is 437 g/mol. The van der Waals surface area contributed by atoms with Crippen LogP contribution in [0.5, 0.6) is 5.75 Å². The highest BCUT2D eigenvalue weighted by Crippen LogP contribution is 2.26. The SMILES string of the molecule is COc1ccc(CN[C@@H]2C[C@@H]3C(=O)NC[C@@H](CCC(=O)NCc4ccccc4)N3C2)cc1. The summed E-state index contributed by atoms with van der Waals surface area (Å²) in [4.78, 5) is 27.1. The molecule has 3 atom stereocenters. The lowest BCUT2D eigenvalue weighted by Gasteiger charge is -2.37. The Morgan fingerprint density at radius 3 is 2.59 bits per heavy atom. The Hall–Kier alpha value is -2.90. The second-order valence-electron chi connectivity index (χ2n) is 8.57. The largest absolute Gasteiger partial charge is 0.497 e. The minimum Gasteiger partial charge on any atom is -0.497 e. The molecule has 170 valence electrons. The van der Waals surface area contributed by atoms with E-state index in [9.17, 15) is 9.59 Å². The van der Waals surface area contributed by atoms with E-state index in [1.54, 1.807) is 7.11 Å². The molecule has 2 saturated heterocycles. The first-order valence-corrected chi connectivity index (χ1v) is 11.3. The van der Waals surface area contributed by atoms with E-state index in [2.05, 4.69) is 33.0 Å². The number of nitrogens with zero attached hydrogens (tertiary/aromatic N) is 1. The van der Waals surface area contributed by atoms with Crippen LogP contribution in [0, 0.1) is 0 Å². The van der Waals surface area contributed by atoms with Gasteiger partial charge in [-0.25, -0.2) is 0 Å². The molecule has 7 nitrogen and oxygen atoms in total. The van der Waals surface area contributed by atoms with Gasteiger partial charge in [0.2, 0.25) is 11.8 Å². The quantitative estimate of drug-likeness (QED) is 0.559. The van der Waals surface area contributed by atoms with E-state index in [0.717, 1.165) is 37.2 Å². The normalized spacial score (nSPS) is 22.8. The van der Waals surface area contributed by atoms with Gasteiger partial charge in [-0.2, -0.15) is 0 Å². The molecule has 4 rings (SSSR count). The monoisotopic (exact) mass is 436 g/mol. The zero-order valence-corrected chi connectivity index (χ0v) is 18.5. The second-order valence-corrected chi connectivity index (χ2v) is 8.57. The van der Waals surface area contributed by atoms with Gasteiger partial charge in [-0.1, -0.05) is 42.5 Å². The molecular formula is C25H32N4O3. The van der Waals surface area contributed by atoms with Crippen LogP contribution in [0.2, 0.25) is 0 Å². The lowest BCUT2D eigenvalue weighted by atomic mass is 10.0. The number of hydrogen-bond donors (Lipinski definition) is 3. The first-order valence-electron chi connectivity index (χ1n) is 11.3. The van der Waals surface area contributed by atoms with Crippen molar-refractivity contribution in [1.82, 2.24) is 20.9 Å². The highest BCUT2D eigenvalue weighted by Gasteiger charge is 2.43. The summed E-state index contributed by atoms with van der Waals surface area (Å²) in [5.41, 5.74) is 2.28. The molecular weight excluding hydrogens is 404 g/mol. The smallest absolute Gasteiger partial charge is 0.237 e. The molecule has 0 radical (unpaired) electrons. The molecule has 2 amide bonds. The van der Waals surface area contributed by atoms with E-state index < -0.39 is 0 Å². The molecule has 2 aromatic rings. The number of nitrogens with one attached hydrogen (secondary N) is 3. The summed E-state index contributed by atoms with van der Waals surface area (Å²) in [7, 11) is 1.66. The van der Waals surface area contributed by atoms with Gasteiger partial charge in [0.15, 0.2) is 0 Å². The Kier molecular flexibility index (Phi) is 7.39. The van der Waals surface area contributed by atoms with E-state index in [4.69, 9.17) is 4.74 Å². The molecule has 3 N–H and O–H groups in total. The van der Waals surface area contributed by atoms with Crippen LogP contribution >= 0.6 is 0 Å². The molecule has 0 aromatic heterocycles. The standard InChI is InChI=1S/C25H32N4O3/c1-32-22-10-7-19(8-11-22)14-26-20-13-23-25(31)28-16-21(29(23)17-20)9-12-24(30)27-15-18-5-3-2-4-6-18/h2-8,10-11,20-21,23,26H,9,12-17H2,1H3,(H,27,30)(H,28,31)/t20-,21-,23-/m1/s1. The Balaban J connectivity index is 1.25. The Morgan fingerprint density at radius 1 is 1.09 bits per heavy atom. The van der Waals surface area contributed by atoms with Crippen LogP contribution in [0.3, 0.4) is 0 Å². The summed E-state index contributed by atoms with van der Waals surface area (Å²) in [5, 5.41) is 9.63. The Bertz CT molecular complexity index is 903. The lowest BCUT2D eigenvalue weighted by molar-refractivity contribution is -0.129. The fraction of sp³-hybridized carbons (Fsp3) is 0.440. The predicted octanol–water partition coefficient (Wildman–Crippen LogP) is 1.82. The predicted molar refractivity (Wildman–Crippen MR) is 123 cm³/mol. The summed E-state index contributed by atoms with van der Waals surface area (Å²) in [6.45, 7) is 2.73. The molecule has 0 aliphatic carbocycles. The Morgan fingerprint density at radius 2 is 1.84 bits per heavy atom. The van der Waals surface area contributed by atoms with Crippen molar-refractivity contribution in [3.63, 3.8) is 0 Å². The molecule has 0 unspecified atom stereocenters. The van der Waals surface area contributed by atoms with E-state index in [-0.39, 0.29) is 29.9 Å². The fourth-order valence-electron chi connectivity index (χ4n) is 4.58. The van der Waals surface area contributed by atoms with Gasteiger partial charge in [-0.15, -0.1) is 0 Å². The van der Waals surface area contributed by atoms with Crippen molar-refractivity contribution >= 4 is 11.8 Å². The summed E-state index contributed by atoms with van der Waals surface area (Å²) < 4.78 is 5.21. The number of piperazine rings is 1. The first-order chi connectivity index (χ1) is 15.6. The summed E-state index contributed by atoms with van der Waals surface area (Å²) in [6, 6.07) is 18.3. The van der Waals surface area contributed by atoms with Crippen LogP contribution < -0.4 is 20.7 Å². The Labute approximate surface area is 189 Å². The van der Waals surface area contributed by atoms with Gasteiger partial charge in [0.05, 0.1) is 13.2 Å². The van der Waals surface area contributed by atoms with E-state index in [1.165, 1.54) is 5.56 Å². The van der Waals surface area contributed by atoms with E-state index in [0.29, 0.717) is 19.5 Å². The van der Waals surface area contributed by atoms with Gasteiger partial charge < -0.3 is 20.7 Å². The number of amides is 2. The number of rotatable bonds is 9. The fourth-order valence-corrected chi connectivity index (χ4v) is 4.58. The average Bonchev–Trinajstić information content (AvgIpc) is 3.27. The van der Waals surface area contributed by atoms with Crippen molar-refractivity contribution in [2.75, 3.05) is 20.2 Å². The molecule has 7 heteroatoms. The number of hydrogen-bond acceptors (Lipinski definition) is 5. The molecule has 2 aliphatic rings. The molecule has 2 fully saturated rings. The third-order valence-corrected chi connectivity index (χ3v) is 6.41. The summed E-state index contributed by atoms with van der Waals surface area (Å²) >= 11 is 0. The van der Waals surface area contributed by atoms with Crippen LogP contribution in [0.1, 0.15) is 30.4 Å². The summed E-state index contributed by atoms with van der Waals surface area (Å²) in [6.07, 6.45) is 1.99. The molecule has 2 heterocycles. The third kappa shape index (κ3) is 5.66. The minimum atomic E-state index is -0.116. The van der Waals surface area contributed by atoms with Crippen LogP contribution in [-0.2, 0) is 22.7 Å². The van der Waals surface area contributed by atoms with Crippen molar-refractivity contribution in [3.05, 3.63) is 65.7 Å². The maximum Gasteiger partial charge on any atom is 0.237 e. The van der Waals surface area contributed by atoms with Gasteiger partial charge in [0, 0.05) is 44.7 Å². The molecule has 32 heavy (non-hydrogen) atoms. The maximum atomic E-state index is 12.4. The van der Waals surface area contributed by atoms with Crippen LogP contribution in [0.15, 0.2) is 54.6 Å². The highest BCUT2D eigenvalue weighted by molar-refractivity contribution is 5.83. The summed E-state index contributed by atoms with van der Waals surface area (Å²) in [5.74, 6) is 0.998. The van der Waals surface area contributed by atoms with Gasteiger partial charge in [0.25, 0.3) is 0 Å². The number of ether oxygens (including phenoxy) is 1. The highest BCUT2D eigenvalue weighted by atomic mass is 16.5. The van der Waals surface area contributed by atoms with Crippen LogP contribution in [-0.4, -0.2) is 55.0 Å². The van der Waals surface area contributed by atoms with Gasteiger partial charge in [0.1, 0.15) is 5.75 Å². The van der Waals surface area contributed by atoms with Gasteiger partial charge in [-0.3, -0.25) is 14.5 Å². The molecule has 0 saturated carbocycles. The third-order valence-electron chi connectivity index (χ3n) is 6.41. The first kappa shape index (κ1) is 22.3. The molecule has 0 bridgehead atoms. The van der Waals surface area contributed by atoms with Crippen molar-refractivity contribution in [2.45, 2.75) is 50.5 Å².